The molecule has 3 N–H and O–H groups in total. The Morgan fingerprint density at radius 3 is 1.50 bits per heavy atom. The van der Waals surface area contributed by atoms with Crippen LogP contribution in [0.15, 0.2) is 145 Å². The Morgan fingerprint density at radius 2 is 1.06 bits per heavy atom. The Morgan fingerprint density at radius 1 is 0.647 bits per heavy atom. The highest BCUT2D eigenvalue weighted by Crippen LogP contribution is 2.76. The molecule has 0 unspecified atom stereocenters. The lowest BCUT2D eigenvalue weighted by atomic mass is 9.59. The zero-order valence-corrected chi connectivity index (χ0v) is 42.2. The maximum Gasteiger partial charge on any atom is 0.306 e. The maximum atomic E-state index is 13.7. The topological polar surface area (TPSA) is 130 Å². The van der Waals surface area contributed by atoms with E-state index in [-0.39, 0.29) is 31.8 Å². The molecular formula is C60H84O8. The van der Waals surface area contributed by atoms with Crippen molar-refractivity contribution in [3.63, 3.8) is 0 Å². The molecule has 4 rings (SSSR count). The number of carbonyl (C=O) groups excluding carboxylic acids is 3. The Labute approximate surface area is 409 Å². The van der Waals surface area contributed by atoms with Gasteiger partial charge in [0.05, 0.1) is 11.7 Å². The molecule has 0 aromatic heterocycles. The fourth-order valence-corrected chi connectivity index (χ4v) is 10.6. The molecule has 0 spiro atoms. The van der Waals surface area contributed by atoms with Crippen LogP contribution in [0.1, 0.15) is 151 Å². The van der Waals surface area contributed by atoms with E-state index in [1.54, 1.807) is 19.9 Å². The Bertz CT molecular complexity index is 2020. The Balaban J connectivity index is 1.29. The lowest BCUT2D eigenvalue weighted by Crippen LogP contribution is -2.65. The molecule has 4 aliphatic rings. The minimum atomic E-state index is -1.99. The first kappa shape index (κ1) is 56.0. The minimum absolute atomic E-state index is 0.130. The molecule has 0 amide bonds. The van der Waals surface area contributed by atoms with Crippen LogP contribution in [0.5, 0.6) is 0 Å². The molecule has 0 saturated heterocycles. The van der Waals surface area contributed by atoms with E-state index in [9.17, 15) is 29.7 Å². The van der Waals surface area contributed by atoms with Gasteiger partial charge in [-0.05, 0) is 108 Å². The van der Waals surface area contributed by atoms with E-state index < -0.39 is 63.7 Å². The number of ketones is 1. The zero-order valence-electron chi connectivity index (χ0n) is 42.2. The summed E-state index contributed by atoms with van der Waals surface area (Å²) in [6.45, 7) is 11.3. The third kappa shape index (κ3) is 14.7. The predicted molar refractivity (Wildman–Crippen MR) is 277 cm³/mol. The molecule has 0 aliphatic heterocycles. The molecule has 0 aromatic carbocycles. The summed E-state index contributed by atoms with van der Waals surface area (Å²) in [5.74, 6) is -4.45. The number of rotatable bonds is 29. The van der Waals surface area contributed by atoms with Gasteiger partial charge in [0.25, 0.3) is 0 Å². The number of ether oxygens (including phenoxy) is 2. The molecule has 0 aromatic rings. The summed E-state index contributed by atoms with van der Waals surface area (Å²) < 4.78 is 12.1. The van der Waals surface area contributed by atoms with E-state index in [1.807, 2.05) is 19.9 Å². The molecule has 0 radical (unpaired) electrons. The van der Waals surface area contributed by atoms with Gasteiger partial charge in [0, 0.05) is 48.3 Å². The minimum Gasteiger partial charge on any atom is -0.461 e. The van der Waals surface area contributed by atoms with Gasteiger partial charge in [-0.3, -0.25) is 14.4 Å². The number of aliphatic hydroxyl groups is 3. The summed E-state index contributed by atoms with van der Waals surface area (Å²) in [4.78, 5) is 40.3. The summed E-state index contributed by atoms with van der Waals surface area (Å²) in [6.07, 6.45) is 57.5. The maximum absolute atomic E-state index is 13.7. The lowest BCUT2D eigenvalue weighted by Gasteiger charge is -2.52. The Hall–Kier alpha value is -4.63. The van der Waals surface area contributed by atoms with E-state index in [0.29, 0.717) is 30.4 Å². The summed E-state index contributed by atoms with van der Waals surface area (Å²) in [6, 6.07) is 0. The van der Waals surface area contributed by atoms with Crippen LogP contribution in [0.4, 0.5) is 0 Å². The van der Waals surface area contributed by atoms with Crippen LogP contribution in [0, 0.1) is 29.1 Å². The van der Waals surface area contributed by atoms with E-state index in [4.69, 9.17) is 9.47 Å². The molecule has 68 heavy (non-hydrogen) atoms. The second-order valence-electron chi connectivity index (χ2n) is 19.6. The van der Waals surface area contributed by atoms with Crippen LogP contribution in [0.2, 0.25) is 0 Å². The number of Topliss-reactive ketones (excluding diaryl/α,β-unsaturated/α-hetero) is 1. The summed E-state index contributed by atoms with van der Waals surface area (Å²) in [7, 11) is 0. The summed E-state index contributed by atoms with van der Waals surface area (Å²) >= 11 is 0. The summed E-state index contributed by atoms with van der Waals surface area (Å²) in [5.41, 5.74) is -4.93. The molecule has 2 fully saturated rings. The van der Waals surface area contributed by atoms with Crippen LogP contribution >= 0.6 is 0 Å². The molecule has 372 valence electrons. The van der Waals surface area contributed by atoms with Crippen LogP contribution < -0.4 is 0 Å². The van der Waals surface area contributed by atoms with Crippen LogP contribution in [-0.4, -0.2) is 62.6 Å². The van der Waals surface area contributed by atoms with Crippen molar-refractivity contribution in [3.05, 3.63) is 145 Å². The van der Waals surface area contributed by atoms with Crippen molar-refractivity contribution in [2.75, 3.05) is 6.61 Å². The zero-order chi connectivity index (χ0) is 49.5. The van der Waals surface area contributed by atoms with E-state index in [0.717, 1.165) is 70.6 Å². The van der Waals surface area contributed by atoms with Crippen LogP contribution in [0.3, 0.4) is 0 Å². The lowest BCUT2D eigenvalue weighted by molar-refractivity contribution is -0.219. The number of carbonyl (C=O) groups is 3. The molecule has 8 atom stereocenters. The fourth-order valence-electron chi connectivity index (χ4n) is 10.6. The van der Waals surface area contributed by atoms with E-state index in [1.165, 1.54) is 0 Å². The number of esters is 2. The van der Waals surface area contributed by atoms with Crippen molar-refractivity contribution in [2.45, 2.75) is 174 Å². The third-order valence-corrected chi connectivity index (χ3v) is 14.3. The smallest absolute Gasteiger partial charge is 0.306 e. The molecule has 8 heteroatoms. The number of hydrogen-bond donors (Lipinski definition) is 3. The van der Waals surface area contributed by atoms with Crippen LogP contribution in [0.25, 0.3) is 0 Å². The monoisotopic (exact) mass is 933 g/mol. The third-order valence-electron chi connectivity index (χ3n) is 14.3. The van der Waals surface area contributed by atoms with Gasteiger partial charge in [0.1, 0.15) is 17.8 Å². The van der Waals surface area contributed by atoms with Gasteiger partial charge in [0.15, 0.2) is 5.78 Å². The van der Waals surface area contributed by atoms with E-state index in [2.05, 4.69) is 135 Å². The van der Waals surface area contributed by atoms with Crippen molar-refractivity contribution >= 4 is 17.7 Å². The number of unbranched alkanes of at least 4 members (excludes halogenated alkanes) is 2. The number of fused-ring (bicyclic) bond motifs is 5. The van der Waals surface area contributed by atoms with Gasteiger partial charge in [-0.2, -0.15) is 0 Å². The predicted octanol–water partition coefficient (Wildman–Crippen LogP) is 12.9. The molecule has 0 bridgehead atoms. The first-order valence-electron chi connectivity index (χ1n) is 25.7. The van der Waals surface area contributed by atoms with Gasteiger partial charge in [-0.1, -0.05) is 168 Å². The number of hydrogen-bond acceptors (Lipinski definition) is 8. The van der Waals surface area contributed by atoms with E-state index >= 15 is 0 Å². The van der Waals surface area contributed by atoms with Gasteiger partial charge in [-0.25, -0.2) is 0 Å². The fraction of sp³-hybridized carbons (Fsp3) is 0.550. The number of aliphatic hydroxyl groups excluding tert-OH is 1. The van der Waals surface area contributed by atoms with Crippen LogP contribution in [-0.2, 0) is 23.9 Å². The first-order valence-corrected chi connectivity index (χ1v) is 25.7. The molecule has 2 saturated carbocycles. The van der Waals surface area contributed by atoms with Crippen molar-refractivity contribution in [1.29, 1.82) is 0 Å². The van der Waals surface area contributed by atoms with Crippen molar-refractivity contribution in [1.82, 2.24) is 0 Å². The summed E-state index contributed by atoms with van der Waals surface area (Å²) in [5, 5.41) is 37.2. The molecule has 0 heterocycles. The first-order chi connectivity index (χ1) is 32.7. The second-order valence-corrected chi connectivity index (χ2v) is 19.6. The van der Waals surface area contributed by atoms with Crippen molar-refractivity contribution in [2.24, 2.45) is 29.1 Å². The van der Waals surface area contributed by atoms with Gasteiger partial charge in [-0.15, -0.1) is 0 Å². The SMILES string of the molecule is CC/C=C\C/C=C\C/C=C\C/C=C\C/C=C\CCCC(=O)OCC1=C[C@H]2[C@@H]3C(C)(C)[C@]3(OC(=O)CCC/C=C\C/C=C\C/C=C\C/C=C\C/C=C\CC)[C@H](O)[C@@H](C)[C@]2(O)[C@@H]2C=C(C)C(=O)[C@@]2(O)C1. The Kier molecular flexibility index (Phi) is 23.2. The van der Waals surface area contributed by atoms with Gasteiger partial charge in [0.2, 0.25) is 0 Å². The molecule has 8 nitrogen and oxygen atoms in total. The highest BCUT2D eigenvalue weighted by Gasteiger charge is 2.86. The van der Waals surface area contributed by atoms with Crippen molar-refractivity contribution < 1.29 is 39.2 Å². The highest BCUT2D eigenvalue weighted by molar-refractivity contribution is 6.04. The molecular weight excluding hydrogens is 849 g/mol. The standard InChI is InChI=1S/C60H84O8/c1-7-9-11-13-15-17-19-21-23-25-27-29-31-33-35-37-39-41-52(61)67-46-49-44-50-54-57(5,6)60(54,56(64)48(4)59(50,66)51-43-47(3)55(63)58(51,65)45-49)68-53(62)42-40-38-36-34-32-30-28-26-24-22-20-18-16-14-12-10-8-2/h9-12,15-18,21-24,27-30,33-36,43-44,48,50-51,54,56,64-66H,7-8,13-14,19-20,25-26,31-32,37-42,45-46H2,1-6H3/b11-9-,12-10-,17-15-,18-16-,23-21-,24-22-,29-27-,30-28-,35-33-,36-34-/t48-,50+,51-,54-,56-,58-,59-,60-/m1/s1. The quantitative estimate of drug-likeness (QED) is 0.0384. The van der Waals surface area contributed by atoms with Gasteiger partial charge >= 0.3 is 11.9 Å². The normalized spacial score (nSPS) is 29.2. The number of allylic oxidation sites excluding steroid dienone is 20. The second kappa shape index (κ2) is 28.1. The van der Waals surface area contributed by atoms with Gasteiger partial charge < -0.3 is 24.8 Å². The van der Waals surface area contributed by atoms with Crippen molar-refractivity contribution in [3.8, 4) is 0 Å². The molecule has 4 aliphatic carbocycles. The average Bonchev–Trinajstić information content (AvgIpc) is 3.74. The average molecular weight is 933 g/mol. The highest BCUT2D eigenvalue weighted by atomic mass is 16.6. The largest absolute Gasteiger partial charge is 0.461 e.